The van der Waals surface area contributed by atoms with Gasteiger partial charge >= 0.3 is 5.97 Å². The lowest BCUT2D eigenvalue weighted by Crippen LogP contribution is -2.60. The van der Waals surface area contributed by atoms with Gasteiger partial charge in [0.25, 0.3) is 0 Å². The number of carbonyl (C=O) groups excluding carboxylic acids is 4. The van der Waals surface area contributed by atoms with Crippen molar-refractivity contribution in [3.05, 3.63) is 35.9 Å². The minimum absolute atomic E-state index is 0.0403. The van der Waals surface area contributed by atoms with E-state index in [9.17, 15) is 29.1 Å². The summed E-state index contributed by atoms with van der Waals surface area (Å²) in [7, 11) is 6.59. The lowest BCUT2D eigenvalue weighted by atomic mass is 9.89. The second-order valence-corrected chi connectivity index (χ2v) is 17.8. The van der Waals surface area contributed by atoms with E-state index in [1.54, 1.807) is 23.8 Å². The summed E-state index contributed by atoms with van der Waals surface area (Å²) in [5.41, 5.74) is 0.776. The van der Waals surface area contributed by atoms with Crippen LogP contribution in [0.4, 0.5) is 0 Å². The molecule has 18 nitrogen and oxygen atoms in total. The number of likely N-dealkylation sites (N-methyl/N-ethyl adjacent to an activating group) is 2. The van der Waals surface area contributed by atoms with Crippen molar-refractivity contribution in [1.29, 1.82) is 0 Å². The Morgan fingerprint density at radius 3 is 1.95 bits per heavy atom. The third kappa shape index (κ3) is 18.5. The van der Waals surface area contributed by atoms with Crippen molar-refractivity contribution >= 4 is 29.6 Å². The molecule has 1 fully saturated rings. The molecule has 1 unspecified atom stereocenters. The largest absolute Gasteiger partial charge is 0.480 e. The number of carboxylic acids is 1. The fraction of sp³-hybridized carbons (Fsp3) is 0.766. The number of hydrogen-bond acceptors (Lipinski definition) is 13. The van der Waals surface area contributed by atoms with Gasteiger partial charge in [0.2, 0.25) is 23.6 Å². The van der Waals surface area contributed by atoms with E-state index in [0.29, 0.717) is 78.6 Å². The molecule has 1 aromatic rings. The third-order valence-corrected chi connectivity index (χ3v) is 12.4. The van der Waals surface area contributed by atoms with Crippen LogP contribution in [0.15, 0.2) is 30.3 Å². The Hall–Kier alpha value is -3.75. The molecule has 5 N–H and O–H groups in total. The van der Waals surface area contributed by atoms with Crippen LogP contribution in [0.25, 0.3) is 0 Å². The number of benzene rings is 1. The minimum atomic E-state index is -1.15. The number of amides is 4. The van der Waals surface area contributed by atoms with Crippen LogP contribution in [0.5, 0.6) is 0 Å². The second-order valence-electron chi connectivity index (χ2n) is 17.8. The maximum Gasteiger partial charge on any atom is 0.326 e. The van der Waals surface area contributed by atoms with Crippen LogP contribution in [0.2, 0.25) is 0 Å². The quantitative estimate of drug-likeness (QED) is 0.0589. The fourth-order valence-electron chi connectivity index (χ4n) is 8.64. The molecule has 0 spiro atoms. The molecular formula is C47H82N6O12. The predicted molar refractivity (Wildman–Crippen MR) is 246 cm³/mol. The molecule has 65 heavy (non-hydrogen) atoms. The van der Waals surface area contributed by atoms with Gasteiger partial charge in [-0.1, -0.05) is 85.2 Å². The molecule has 372 valence electrons. The molecule has 0 aliphatic carbocycles. The Balaban J connectivity index is 2.14. The van der Waals surface area contributed by atoms with Gasteiger partial charge in [0.15, 0.2) is 0 Å². The van der Waals surface area contributed by atoms with Crippen molar-refractivity contribution in [3.8, 4) is 0 Å². The zero-order valence-corrected chi connectivity index (χ0v) is 41.0. The van der Waals surface area contributed by atoms with Crippen molar-refractivity contribution in [2.75, 3.05) is 87.7 Å². The molecule has 2 rings (SSSR count). The first-order valence-corrected chi connectivity index (χ1v) is 23.2. The number of likely N-dealkylation sites (tertiary alicyclic amines) is 1. The van der Waals surface area contributed by atoms with E-state index in [4.69, 9.17) is 29.6 Å². The highest BCUT2D eigenvalue weighted by Crippen LogP contribution is 2.30. The number of carbonyl (C=O) groups is 5. The van der Waals surface area contributed by atoms with Gasteiger partial charge in [-0.25, -0.2) is 10.7 Å². The third-order valence-electron chi connectivity index (χ3n) is 12.4. The molecule has 0 aromatic heterocycles. The zero-order chi connectivity index (χ0) is 48.6. The van der Waals surface area contributed by atoms with Crippen molar-refractivity contribution < 1.29 is 57.6 Å². The molecule has 18 heteroatoms. The molecule has 0 bridgehead atoms. The molecule has 1 aromatic carbocycles. The van der Waals surface area contributed by atoms with E-state index < -0.39 is 60.2 Å². The van der Waals surface area contributed by atoms with Crippen LogP contribution >= 0.6 is 0 Å². The normalized spacial score (nSPS) is 17.9. The highest BCUT2D eigenvalue weighted by molar-refractivity contribution is 5.90. The van der Waals surface area contributed by atoms with E-state index in [2.05, 4.69) is 15.5 Å². The SMILES string of the molecule is CC[C@H](C)[C@@H]([C@@H](CC(=O)N1CCC[C@H]1[C@H](OC)[C@@H](C)C(=O)N[C@@H](Cc1ccccc1)C(=O)O)OC)N(C)C(=O)[C@@H](NC(=O)C(C(C)C)N(C)CCOCCOCCOCCON)C(C)C. The van der Waals surface area contributed by atoms with Gasteiger partial charge in [0.1, 0.15) is 12.1 Å². The summed E-state index contributed by atoms with van der Waals surface area (Å²) in [5.74, 6) is 1.40. The first kappa shape index (κ1) is 57.4. The van der Waals surface area contributed by atoms with Crippen LogP contribution in [0, 0.1) is 23.7 Å². The number of nitrogens with one attached hydrogen (secondary N) is 2. The Morgan fingerprint density at radius 1 is 0.831 bits per heavy atom. The second kappa shape index (κ2) is 30.5. The van der Waals surface area contributed by atoms with Gasteiger partial charge in [-0.3, -0.25) is 24.1 Å². The fourth-order valence-corrected chi connectivity index (χ4v) is 8.64. The standard InChI is InChI=1S/C47H82N6O12/c1-12-33(6)42(52(9)46(57)40(31(2)3)50-45(56)41(32(4)5)51(8)21-22-62-23-24-63-25-26-64-27-28-65-48)38(60-10)30-39(54)53-20-16-19-37(53)43(61-11)34(7)44(55)49-36(47(58)59)29-35-17-14-13-15-18-35/h13-15,17-18,31-34,36-38,40-43H,12,16,19-30,48H2,1-11H3,(H,49,55)(H,50,56)(H,58,59)/t33-,34+,36-,37-,38+,40-,41?,42-,43+/m0/s1. The van der Waals surface area contributed by atoms with Crippen LogP contribution in [0.1, 0.15) is 79.7 Å². The maximum absolute atomic E-state index is 14.5. The van der Waals surface area contributed by atoms with Crippen molar-refractivity contribution in [2.24, 2.45) is 29.6 Å². The van der Waals surface area contributed by atoms with Gasteiger partial charge in [-0.05, 0) is 43.2 Å². The first-order valence-electron chi connectivity index (χ1n) is 23.2. The number of nitrogens with zero attached hydrogens (tertiary/aromatic N) is 3. The molecule has 1 aliphatic heterocycles. The number of aliphatic carboxylic acids is 1. The van der Waals surface area contributed by atoms with Crippen LogP contribution in [-0.4, -0.2) is 179 Å². The number of ether oxygens (including phenoxy) is 5. The predicted octanol–water partition coefficient (Wildman–Crippen LogP) is 2.76. The zero-order valence-electron chi connectivity index (χ0n) is 41.0. The van der Waals surface area contributed by atoms with Gasteiger partial charge < -0.3 is 54.1 Å². The average molecular weight is 923 g/mol. The monoisotopic (exact) mass is 923 g/mol. The summed E-state index contributed by atoms with van der Waals surface area (Å²) >= 11 is 0. The first-order chi connectivity index (χ1) is 30.9. The van der Waals surface area contributed by atoms with E-state index in [-0.39, 0.29) is 48.3 Å². The molecule has 4 amide bonds. The van der Waals surface area contributed by atoms with Crippen molar-refractivity contribution in [1.82, 2.24) is 25.3 Å². The summed E-state index contributed by atoms with van der Waals surface area (Å²) in [6.45, 7) is 17.1. The summed E-state index contributed by atoms with van der Waals surface area (Å²) in [4.78, 5) is 78.4. The molecule has 1 aliphatic rings. The average Bonchev–Trinajstić information content (AvgIpc) is 3.76. The van der Waals surface area contributed by atoms with E-state index >= 15 is 0 Å². The number of carboxylic acid groups (broad SMARTS) is 1. The molecular weight excluding hydrogens is 841 g/mol. The Morgan fingerprint density at radius 2 is 1.43 bits per heavy atom. The van der Waals surface area contributed by atoms with E-state index in [1.165, 1.54) is 14.2 Å². The molecule has 0 radical (unpaired) electrons. The summed E-state index contributed by atoms with van der Waals surface area (Å²) in [6, 6.07) is 5.58. The molecule has 0 saturated carbocycles. The number of nitrogens with two attached hydrogens (primary N) is 1. The number of methoxy groups -OCH3 is 2. The topological polar surface area (TPSA) is 221 Å². The highest BCUT2D eigenvalue weighted by Gasteiger charge is 2.43. The smallest absolute Gasteiger partial charge is 0.326 e. The lowest BCUT2D eigenvalue weighted by molar-refractivity contribution is -0.148. The Kier molecular flexibility index (Phi) is 26.9. The summed E-state index contributed by atoms with van der Waals surface area (Å²) in [5, 5.41) is 15.7. The van der Waals surface area contributed by atoms with Gasteiger partial charge in [-0.15, -0.1) is 0 Å². The van der Waals surface area contributed by atoms with Crippen LogP contribution in [0.3, 0.4) is 0 Å². The van der Waals surface area contributed by atoms with Gasteiger partial charge in [-0.2, -0.15) is 0 Å². The van der Waals surface area contributed by atoms with Gasteiger partial charge in [0.05, 0.1) is 88.9 Å². The summed E-state index contributed by atoms with van der Waals surface area (Å²) in [6.07, 6.45) is 0.641. The number of rotatable bonds is 33. The maximum atomic E-state index is 14.5. The van der Waals surface area contributed by atoms with E-state index in [0.717, 1.165) is 5.56 Å². The Bertz CT molecular complexity index is 1560. The van der Waals surface area contributed by atoms with E-state index in [1.807, 2.05) is 83.8 Å². The highest BCUT2D eigenvalue weighted by atomic mass is 16.6. The number of hydrogen-bond donors (Lipinski definition) is 4. The van der Waals surface area contributed by atoms with Crippen molar-refractivity contribution in [2.45, 2.75) is 123 Å². The lowest BCUT2D eigenvalue weighted by Gasteiger charge is -2.41. The van der Waals surface area contributed by atoms with Crippen LogP contribution in [-0.2, 0) is 58.9 Å². The van der Waals surface area contributed by atoms with Crippen LogP contribution < -0.4 is 16.5 Å². The summed E-state index contributed by atoms with van der Waals surface area (Å²) < 4.78 is 28.6. The minimum Gasteiger partial charge on any atom is -0.480 e. The van der Waals surface area contributed by atoms with Crippen molar-refractivity contribution in [3.63, 3.8) is 0 Å². The molecule has 1 saturated heterocycles. The molecule has 1 heterocycles. The Labute approximate surface area is 387 Å². The molecule has 9 atom stereocenters. The van der Waals surface area contributed by atoms with Gasteiger partial charge in [0, 0.05) is 40.8 Å².